The Morgan fingerprint density at radius 3 is 2.48 bits per heavy atom. The Labute approximate surface area is 123 Å². The zero-order valence-electron chi connectivity index (χ0n) is 11.9. The number of carbonyl (C=O) groups is 2. The first-order valence-corrected chi connectivity index (χ1v) is 6.73. The molecule has 0 bridgehead atoms. The molecule has 1 heterocycles. The fourth-order valence-electron chi connectivity index (χ4n) is 1.94. The highest BCUT2D eigenvalue weighted by molar-refractivity contribution is 5.83. The van der Waals surface area contributed by atoms with Crippen LogP contribution in [0.4, 0.5) is 0 Å². The topological polar surface area (TPSA) is 62.6 Å². The van der Waals surface area contributed by atoms with Crippen molar-refractivity contribution < 1.29 is 14.0 Å². The van der Waals surface area contributed by atoms with Crippen LogP contribution in [0.15, 0.2) is 53.1 Å². The largest absolute Gasteiger partial charge is 0.467 e. The molecule has 2 amide bonds. The molecule has 1 aromatic carbocycles. The van der Waals surface area contributed by atoms with Crippen LogP contribution in [0, 0.1) is 0 Å². The van der Waals surface area contributed by atoms with Crippen molar-refractivity contribution in [2.75, 3.05) is 6.54 Å². The molecule has 0 atom stereocenters. The standard InChI is InChI=1S/C16H18N2O3/c1-13(19)17-10-16(20)18(12-15-8-5-9-21-15)11-14-6-3-2-4-7-14/h2-9H,10-12H2,1H3,(H,17,19). The van der Waals surface area contributed by atoms with Gasteiger partial charge < -0.3 is 14.6 Å². The van der Waals surface area contributed by atoms with Gasteiger partial charge in [-0.1, -0.05) is 30.3 Å². The molecule has 5 heteroatoms. The van der Waals surface area contributed by atoms with Crippen LogP contribution in [0.25, 0.3) is 0 Å². The van der Waals surface area contributed by atoms with Gasteiger partial charge in [-0.25, -0.2) is 0 Å². The lowest BCUT2D eigenvalue weighted by atomic mass is 10.2. The van der Waals surface area contributed by atoms with E-state index in [9.17, 15) is 9.59 Å². The summed E-state index contributed by atoms with van der Waals surface area (Å²) in [4.78, 5) is 24.9. The summed E-state index contributed by atoms with van der Waals surface area (Å²) in [5, 5.41) is 2.53. The van der Waals surface area contributed by atoms with Crippen LogP contribution in [0.5, 0.6) is 0 Å². The molecule has 5 nitrogen and oxygen atoms in total. The van der Waals surface area contributed by atoms with Crippen molar-refractivity contribution in [3.8, 4) is 0 Å². The quantitative estimate of drug-likeness (QED) is 0.882. The summed E-state index contributed by atoms with van der Waals surface area (Å²) < 4.78 is 5.30. The molecule has 1 N–H and O–H groups in total. The van der Waals surface area contributed by atoms with Crippen molar-refractivity contribution >= 4 is 11.8 Å². The molecule has 0 radical (unpaired) electrons. The molecule has 0 spiro atoms. The first kappa shape index (κ1) is 14.8. The number of nitrogens with zero attached hydrogens (tertiary/aromatic N) is 1. The molecule has 2 rings (SSSR count). The van der Waals surface area contributed by atoms with Crippen LogP contribution in [0.1, 0.15) is 18.2 Å². The van der Waals surface area contributed by atoms with Gasteiger partial charge in [0.1, 0.15) is 5.76 Å². The molecule has 0 aliphatic rings. The third-order valence-corrected chi connectivity index (χ3v) is 2.98. The molecule has 0 aliphatic heterocycles. The van der Waals surface area contributed by atoms with Crippen LogP contribution >= 0.6 is 0 Å². The van der Waals surface area contributed by atoms with Gasteiger partial charge in [0.05, 0.1) is 19.4 Å². The van der Waals surface area contributed by atoms with Crippen LogP contribution < -0.4 is 5.32 Å². The van der Waals surface area contributed by atoms with E-state index >= 15 is 0 Å². The van der Waals surface area contributed by atoms with E-state index in [1.165, 1.54) is 6.92 Å². The number of carbonyl (C=O) groups excluding carboxylic acids is 2. The fourth-order valence-corrected chi connectivity index (χ4v) is 1.94. The molecule has 1 aromatic heterocycles. The Hall–Kier alpha value is -2.56. The molecular weight excluding hydrogens is 268 g/mol. The smallest absolute Gasteiger partial charge is 0.242 e. The molecule has 21 heavy (non-hydrogen) atoms. The maximum Gasteiger partial charge on any atom is 0.242 e. The number of nitrogens with one attached hydrogen (secondary N) is 1. The summed E-state index contributed by atoms with van der Waals surface area (Å²) in [5.74, 6) is 0.341. The van der Waals surface area contributed by atoms with E-state index in [1.807, 2.05) is 36.4 Å². The molecule has 2 aromatic rings. The Balaban J connectivity index is 2.06. The summed E-state index contributed by atoms with van der Waals surface area (Å²) in [7, 11) is 0. The fraction of sp³-hybridized carbons (Fsp3) is 0.250. The van der Waals surface area contributed by atoms with E-state index in [-0.39, 0.29) is 18.4 Å². The predicted molar refractivity (Wildman–Crippen MR) is 78.1 cm³/mol. The number of hydrogen-bond donors (Lipinski definition) is 1. The molecule has 0 aliphatic carbocycles. The maximum absolute atomic E-state index is 12.2. The lowest BCUT2D eigenvalue weighted by molar-refractivity contribution is -0.133. The SMILES string of the molecule is CC(=O)NCC(=O)N(Cc1ccccc1)Cc1ccco1. The van der Waals surface area contributed by atoms with Gasteiger partial charge in [0.2, 0.25) is 11.8 Å². The van der Waals surface area contributed by atoms with Gasteiger partial charge in [-0.15, -0.1) is 0 Å². The third kappa shape index (κ3) is 4.80. The molecule has 0 fully saturated rings. The second-order valence-electron chi connectivity index (χ2n) is 4.72. The number of amides is 2. The van der Waals surface area contributed by atoms with E-state index in [2.05, 4.69) is 5.32 Å². The average molecular weight is 286 g/mol. The lowest BCUT2D eigenvalue weighted by Crippen LogP contribution is -2.38. The van der Waals surface area contributed by atoms with Gasteiger partial charge in [-0.2, -0.15) is 0 Å². The van der Waals surface area contributed by atoms with Crippen LogP contribution in [0.2, 0.25) is 0 Å². The first-order chi connectivity index (χ1) is 10.1. The van der Waals surface area contributed by atoms with Crippen molar-refractivity contribution in [2.45, 2.75) is 20.0 Å². The van der Waals surface area contributed by atoms with E-state index in [0.717, 1.165) is 5.56 Å². The van der Waals surface area contributed by atoms with Gasteiger partial charge in [0.25, 0.3) is 0 Å². The molecule has 0 saturated heterocycles. The number of benzene rings is 1. The minimum atomic E-state index is -0.221. The first-order valence-electron chi connectivity index (χ1n) is 6.73. The maximum atomic E-state index is 12.2. The number of rotatable bonds is 6. The highest BCUT2D eigenvalue weighted by atomic mass is 16.3. The summed E-state index contributed by atoms with van der Waals surface area (Å²) in [6.45, 7) is 2.23. The minimum Gasteiger partial charge on any atom is -0.467 e. The molecule has 0 unspecified atom stereocenters. The van der Waals surface area contributed by atoms with Crippen molar-refractivity contribution in [3.63, 3.8) is 0 Å². The second kappa shape index (κ2) is 7.28. The summed E-state index contributed by atoms with van der Waals surface area (Å²) in [6.07, 6.45) is 1.58. The Morgan fingerprint density at radius 2 is 1.86 bits per heavy atom. The van der Waals surface area contributed by atoms with E-state index < -0.39 is 0 Å². The lowest BCUT2D eigenvalue weighted by Gasteiger charge is -2.22. The van der Waals surface area contributed by atoms with Gasteiger partial charge in [0.15, 0.2) is 0 Å². The Bertz CT molecular complexity index is 579. The summed E-state index contributed by atoms with van der Waals surface area (Å²) >= 11 is 0. The molecule has 110 valence electrons. The molecular formula is C16H18N2O3. The van der Waals surface area contributed by atoms with Gasteiger partial charge in [0, 0.05) is 13.5 Å². The van der Waals surface area contributed by atoms with Crippen LogP contribution in [-0.4, -0.2) is 23.3 Å². The van der Waals surface area contributed by atoms with E-state index in [4.69, 9.17) is 4.42 Å². The van der Waals surface area contributed by atoms with E-state index in [0.29, 0.717) is 18.8 Å². The van der Waals surface area contributed by atoms with E-state index in [1.54, 1.807) is 17.2 Å². The van der Waals surface area contributed by atoms with Gasteiger partial charge in [-0.3, -0.25) is 9.59 Å². The average Bonchev–Trinajstić information content (AvgIpc) is 2.98. The monoisotopic (exact) mass is 286 g/mol. The minimum absolute atomic E-state index is 0.0110. The van der Waals surface area contributed by atoms with Crippen LogP contribution in [0.3, 0.4) is 0 Å². The Kier molecular flexibility index (Phi) is 5.15. The summed E-state index contributed by atoms with van der Waals surface area (Å²) in [5.41, 5.74) is 1.03. The van der Waals surface area contributed by atoms with Crippen molar-refractivity contribution in [1.29, 1.82) is 0 Å². The number of furan rings is 1. The van der Waals surface area contributed by atoms with Gasteiger partial charge in [-0.05, 0) is 17.7 Å². The summed E-state index contributed by atoms with van der Waals surface area (Å²) in [6, 6.07) is 13.3. The van der Waals surface area contributed by atoms with Crippen molar-refractivity contribution in [2.24, 2.45) is 0 Å². The van der Waals surface area contributed by atoms with Gasteiger partial charge >= 0.3 is 0 Å². The van der Waals surface area contributed by atoms with Crippen molar-refractivity contribution in [1.82, 2.24) is 10.2 Å². The highest BCUT2D eigenvalue weighted by Crippen LogP contribution is 2.10. The second-order valence-corrected chi connectivity index (χ2v) is 4.72. The third-order valence-electron chi connectivity index (χ3n) is 2.98. The van der Waals surface area contributed by atoms with Crippen molar-refractivity contribution in [3.05, 3.63) is 60.1 Å². The van der Waals surface area contributed by atoms with Crippen LogP contribution in [-0.2, 0) is 22.7 Å². The number of hydrogen-bond acceptors (Lipinski definition) is 3. The predicted octanol–water partition coefficient (Wildman–Crippen LogP) is 1.94. The normalized spacial score (nSPS) is 10.1. The zero-order chi connectivity index (χ0) is 15.1. The highest BCUT2D eigenvalue weighted by Gasteiger charge is 2.16. The zero-order valence-corrected chi connectivity index (χ0v) is 11.9. The Morgan fingerprint density at radius 1 is 1.10 bits per heavy atom. The molecule has 0 saturated carbocycles.